The maximum atomic E-state index is 13.4. The van der Waals surface area contributed by atoms with Crippen molar-refractivity contribution in [2.75, 3.05) is 7.05 Å². The fourth-order valence-electron chi connectivity index (χ4n) is 1.67. The Bertz CT molecular complexity index is 555. The first-order chi connectivity index (χ1) is 9.10. The Morgan fingerprint density at radius 2 is 1.74 bits per heavy atom. The molecule has 0 radical (unpaired) electrons. The first-order valence-corrected chi connectivity index (χ1v) is 6.00. The van der Waals surface area contributed by atoms with Crippen LogP contribution < -0.4 is 10.1 Å². The minimum absolute atomic E-state index is 0.116. The van der Waals surface area contributed by atoms with E-state index in [2.05, 4.69) is 5.32 Å². The number of benzene rings is 2. The summed E-state index contributed by atoms with van der Waals surface area (Å²) in [5.74, 6) is -0.767. The summed E-state index contributed by atoms with van der Waals surface area (Å²) in [5.41, 5.74) is 1.09. The average molecular weight is 263 g/mol. The summed E-state index contributed by atoms with van der Waals surface area (Å²) in [6.45, 7) is 2.03. The van der Waals surface area contributed by atoms with Gasteiger partial charge in [-0.15, -0.1) is 0 Å². The lowest BCUT2D eigenvalue weighted by molar-refractivity contribution is 0.436. The average Bonchev–Trinajstić information content (AvgIpc) is 2.43. The van der Waals surface area contributed by atoms with Crippen LogP contribution in [-0.4, -0.2) is 7.05 Å². The molecular formula is C15H15F2NO. The number of hydrogen-bond acceptors (Lipinski definition) is 2. The summed E-state index contributed by atoms with van der Waals surface area (Å²) in [4.78, 5) is 0. The van der Waals surface area contributed by atoms with Crippen molar-refractivity contribution in [1.82, 2.24) is 5.32 Å². The van der Waals surface area contributed by atoms with E-state index in [4.69, 9.17) is 4.74 Å². The van der Waals surface area contributed by atoms with Crippen LogP contribution in [0.5, 0.6) is 11.5 Å². The van der Waals surface area contributed by atoms with Crippen LogP contribution in [0, 0.1) is 11.6 Å². The van der Waals surface area contributed by atoms with Gasteiger partial charge in [0.15, 0.2) is 11.6 Å². The molecule has 4 heteroatoms. The van der Waals surface area contributed by atoms with E-state index >= 15 is 0 Å². The fraction of sp³-hybridized carbons (Fsp3) is 0.200. The first kappa shape index (κ1) is 13.5. The van der Waals surface area contributed by atoms with Gasteiger partial charge >= 0.3 is 0 Å². The summed E-state index contributed by atoms with van der Waals surface area (Å²) in [5, 5.41) is 3.12. The zero-order valence-corrected chi connectivity index (χ0v) is 10.8. The standard InChI is InChI=1S/C15H15F2NO/c1-10(18-2)11-3-6-13(7-4-11)19-15-9-12(16)5-8-14(15)17/h3-10,18H,1-2H3. The summed E-state index contributed by atoms with van der Waals surface area (Å²) in [6, 6.07) is 10.6. The van der Waals surface area contributed by atoms with E-state index < -0.39 is 11.6 Å². The van der Waals surface area contributed by atoms with Crippen LogP contribution in [0.1, 0.15) is 18.5 Å². The second-order valence-electron chi connectivity index (χ2n) is 4.26. The minimum atomic E-state index is -0.589. The molecule has 2 aromatic rings. The number of nitrogens with one attached hydrogen (secondary N) is 1. The van der Waals surface area contributed by atoms with Gasteiger partial charge in [-0.1, -0.05) is 12.1 Å². The Labute approximate surface area is 111 Å². The van der Waals surface area contributed by atoms with Gasteiger partial charge in [0.2, 0.25) is 0 Å². The van der Waals surface area contributed by atoms with Crippen molar-refractivity contribution >= 4 is 0 Å². The second kappa shape index (κ2) is 5.80. The molecule has 1 unspecified atom stereocenters. The molecule has 1 atom stereocenters. The third-order valence-corrected chi connectivity index (χ3v) is 2.93. The van der Waals surface area contributed by atoms with E-state index in [1.807, 2.05) is 26.1 Å². The van der Waals surface area contributed by atoms with Crippen molar-refractivity contribution in [3.8, 4) is 11.5 Å². The molecule has 0 bridgehead atoms. The molecule has 0 heterocycles. The Hall–Kier alpha value is -1.94. The summed E-state index contributed by atoms with van der Waals surface area (Å²) < 4.78 is 31.7. The number of rotatable bonds is 4. The summed E-state index contributed by atoms with van der Waals surface area (Å²) in [7, 11) is 1.87. The predicted octanol–water partition coefficient (Wildman–Crippen LogP) is 4.04. The number of hydrogen-bond donors (Lipinski definition) is 1. The number of ether oxygens (including phenoxy) is 1. The lowest BCUT2D eigenvalue weighted by Crippen LogP contribution is -2.11. The molecule has 0 amide bonds. The Balaban J connectivity index is 2.17. The van der Waals surface area contributed by atoms with E-state index in [1.54, 1.807) is 12.1 Å². The topological polar surface area (TPSA) is 21.3 Å². The van der Waals surface area contributed by atoms with Crippen molar-refractivity contribution < 1.29 is 13.5 Å². The van der Waals surface area contributed by atoms with Crippen molar-refractivity contribution in [1.29, 1.82) is 0 Å². The molecule has 0 saturated heterocycles. The molecule has 0 aromatic heterocycles. The largest absolute Gasteiger partial charge is 0.454 e. The third kappa shape index (κ3) is 3.29. The van der Waals surface area contributed by atoms with Gasteiger partial charge in [0, 0.05) is 12.1 Å². The predicted molar refractivity (Wildman–Crippen MR) is 70.3 cm³/mol. The van der Waals surface area contributed by atoms with Crippen LogP contribution in [0.15, 0.2) is 42.5 Å². The Kier molecular flexibility index (Phi) is 4.12. The molecule has 0 aliphatic carbocycles. The number of halogens is 2. The van der Waals surface area contributed by atoms with Gasteiger partial charge in [0.25, 0.3) is 0 Å². The smallest absolute Gasteiger partial charge is 0.165 e. The summed E-state index contributed by atoms with van der Waals surface area (Å²) >= 11 is 0. The van der Waals surface area contributed by atoms with Crippen LogP contribution in [0.25, 0.3) is 0 Å². The molecule has 0 saturated carbocycles. The van der Waals surface area contributed by atoms with E-state index in [0.717, 1.165) is 23.8 Å². The Morgan fingerprint density at radius 1 is 1.05 bits per heavy atom. The van der Waals surface area contributed by atoms with E-state index in [0.29, 0.717) is 5.75 Å². The minimum Gasteiger partial charge on any atom is -0.454 e. The molecule has 0 fully saturated rings. The van der Waals surface area contributed by atoms with E-state index in [-0.39, 0.29) is 11.8 Å². The molecular weight excluding hydrogens is 248 g/mol. The highest BCUT2D eigenvalue weighted by Crippen LogP contribution is 2.26. The normalized spacial score (nSPS) is 12.2. The second-order valence-corrected chi connectivity index (χ2v) is 4.26. The van der Waals surface area contributed by atoms with Crippen LogP contribution in [-0.2, 0) is 0 Å². The van der Waals surface area contributed by atoms with Crippen LogP contribution in [0.3, 0.4) is 0 Å². The van der Waals surface area contributed by atoms with Gasteiger partial charge in [-0.05, 0) is 43.8 Å². The van der Waals surface area contributed by atoms with Gasteiger partial charge in [-0.25, -0.2) is 8.78 Å². The summed E-state index contributed by atoms with van der Waals surface area (Å²) in [6.07, 6.45) is 0. The highest BCUT2D eigenvalue weighted by atomic mass is 19.1. The van der Waals surface area contributed by atoms with Crippen molar-refractivity contribution in [2.45, 2.75) is 13.0 Å². The van der Waals surface area contributed by atoms with Gasteiger partial charge in [0.05, 0.1) is 0 Å². The molecule has 0 aliphatic rings. The maximum Gasteiger partial charge on any atom is 0.165 e. The zero-order valence-electron chi connectivity index (χ0n) is 10.8. The molecule has 1 N–H and O–H groups in total. The van der Waals surface area contributed by atoms with Gasteiger partial charge in [0.1, 0.15) is 11.6 Å². The van der Waals surface area contributed by atoms with Gasteiger partial charge in [-0.2, -0.15) is 0 Å². The third-order valence-electron chi connectivity index (χ3n) is 2.93. The highest BCUT2D eigenvalue weighted by Gasteiger charge is 2.07. The lowest BCUT2D eigenvalue weighted by atomic mass is 10.1. The molecule has 2 rings (SSSR count). The zero-order chi connectivity index (χ0) is 13.8. The molecule has 0 aliphatic heterocycles. The fourth-order valence-corrected chi connectivity index (χ4v) is 1.67. The molecule has 19 heavy (non-hydrogen) atoms. The highest BCUT2D eigenvalue weighted by molar-refractivity contribution is 5.34. The van der Waals surface area contributed by atoms with Crippen LogP contribution in [0.4, 0.5) is 8.78 Å². The van der Waals surface area contributed by atoms with Gasteiger partial charge < -0.3 is 10.1 Å². The maximum absolute atomic E-state index is 13.4. The first-order valence-electron chi connectivity index (χ1n) is 6.00. The van der Waals surface area contributed by atoms with Crippen molar-refractivity contribution in [2.24, 2.45) is 0 Å². The van der Waals surface area contributed by atoms with Crippen LogP contribution >= 0.6 is 0 Å². The lowest BCUT2D eigenvalue weighted by Gasteiger charge is -2.12. The van der Waals surface area contributed by atoms with Crippen molar-refractivity contribution in [3.63, 3.8) is 0 Å². The quantitative estimate of drug-likeness (QED) is 0.899. The van der Waals surface area contributed by atoms with Crippen molar-refractivity contribution in [3.05, 3.63) is 59.7 Å². The Morgan fingerprint density at radius 3 is 2.37 bits per heavy atom. The van der Waals surface area contributed by atoms with E-state index in [9.17, 15) is 8.78 Å². The monoisotopic (exact) mass is 263 g/mol. The van der Waals surface area contributed by atoms with Gasteiger partial charge in [-0.3, -0.25) is 0 Å². The van der Waals surface area contributed by atoms with Crippen LogP contribution in [0.2, 0.25) is 0 Å². The molecule has 100 valence electrons. The molecule has 2 aromatic carbocycles. The SMILES string of the molecule is CNC(C)c1ccc(Oc2cc(F)ccc2F)cc1. The molecule has 0 spiro atoms. The van der Waals surface area contributed by atoms with E-state index in [1.165, 1.54) is 0 Å². The molecule has 2 nitrogen and oxygen atoms in total.